The van der Waals surface area contributed by atoms with Gasteiger partial charge in [-0.25, -0.2) is 19.0 Å². The number of hydrogen-bond acceptors (Lipinski definition) is 6. The number of carbonyl (C=O) groups is 1. The minimum atomic E-state index is -0.606. The highest BCUT2D eigenvalue weighted by Crippen LogP contribution is 2.35. The standard InChI is InChI=1S/C17H18FN7O2/c1-9(2)14-15-12(7-24(23-15)11-3-4-11)16(27)25(22-14)8-13(26)21-17-19-5-10(18)6-20-17/h5-7,9,11H,3-4,8H2,1-2H3,(H,19,20,21,26). The summed E-state index contributed by atoms with van der Waals surface area (Å²) in [4.78, 5) is 32.4. The first-order chi connectivity index (χ1) is 12.9. The minimum absolute atomic E-state index is 0.0328. The molecule has 4 rings (SSSR count). The lowest BCUT2D eigenvalue weighted by Crippen LogP contribution is -2.31. The van der Waals surface area contributed by atoms with Crippen LogP contribution < -0.4 is 10.9 Å². The molecule has 3 aromatic heterocycles. The quantitative estimate of drug-likeness (QED) is 0.730. The van der Waals surface area contributed by atoms with E-state index >= 15 is 0 Å². The Hall–Kier alpha value is -3.17. The van der Waals surface area contributed by atoms with Gasteiger partial charge < -0.3 is 0 Å². The molecular weight excluding hydrogens is 353 g/mol. The molecule has 1 aliphatic carbocycles. The second-order valence-electron chi connectivity index (χ2n) is 6.88. The van der Waals surface area contributed by atoms with E-state index in [1.807, 2.05) is 18.5 Å². The van der Waals surface area contributed by atoms with Crippen molar-refractivity contribution < 1.29 is 9.18 Å². The third-order valence-corrected chi connectivity index (χ3v) is 4.30. The van der Waals surface area contributed by atoms with Crippen molar-refractivity contribution in [1.29, 1.82) is 0 Å². The van der Waals surface area contributed by atoms with Crippen LogP contribution >= 0.6 is 0 Å². The monoisotopic (exact) mass is 371 g/mol. The maximum absolute atomic E-state index is 12.9. The Morgan fingerprint density at radius 2 is 2.00 bits per heavy atom. The topological polar surface area (TPSA) is 108 Å². The Labute approximate surface area is 153 Å². The number of rotatable bonds is 5. The normalized spacial score (nSPS) is 14.1. The molecule has 0 atom stereocenters. The van der Waals surface area contributed by atoms with Crippen LogP contribution in [0.3, 0.4) is 0 Å². The smallest absolute Gasteiger partial charge is 0.278 e. The molecule has 0 saturated heterocycles. The van der Waals surface area contributed by atoms with Gasteiger partial charge in [0.25, 0.3) is 5.56 Å². The first-order valence-corrected chi connectivity index (χ1v) is 8.69. The van der Waals surface area contributed by atoms with E-state index in [4.69, 9.17) is 0 Å². The second-order valence-corrected chi connectivity index (χ2v) is 6.88. The van der Waals surface area contributed by atoms with Crippen molar-refractivity contribution in [3.8, 4) is 0 Å². The molecule has 0 spiro atoms. The predicted octanol–water partition coefficient (Wildman–Crippen LogP) is 1.62. The van der Waals surface area contributed by atoms with Gasteiger partial charge in [0.1, 0.15) is 12.1 Å². The summed E-state index contributed by atoms with van der Waals surface area (Å²) < 4.78 is 15.8. The van der Waals surface area contributed by atoms with E-state index in [0.717, 1.165) is 29.9 Å². The van der Waals surface area contributed by atoms with Crippen molar-refractivity contribution in [2.24, 2.45) is 0 Å². The van der Waals surface area contributed by atoms with E-state index in [1.165, 1.54) is 0 Å². The number of fused-ring (bicyclic) bond motifs is 1. The second kappa shape index (κ2) is 6.53. The first-order valence-electron chi connectivity index (χ1n) is 8.69. The molecule has 0 radical (unpaired) electrons. The minimum Gasteiger partial charge on any atom is -0.293 e. The third-order valence-electron chi connectivity index (χ3n) is 4.30. The fourth-order valence-electron chi connectivity index (χ4n) is 2.80. The molecule has 0 unspecified atom stereocenters. The number of halogens is 1. The van der Waals surface area contributed by atoms with Crippen molar-refractivity contribution in [3.63, 3.8) is 0 Å². The van der Waals surface area contributed by atoms with E-state index in [-0.39, 0.29) is 24.0 Å². The number of nitrogens with one attached hydrogen (secondary N) is 1. The van der Waals surface area contributed by atoms with Gasteiger partial charge in [0, 0.05) is 6.20 Å². The van der Waals surface area contributed by atoms with Crippen molar-refractivity contribution in [1.82, 2.24) is 29.5 Å². The van der Waals surface area contributed by atoms with E-state index in [0.29, 0.717) is 22.6 Å². The van der Waals surface area contributed by atoms with Crippen LogP contribution in [0.4, 0.5) is 10.3 Å². The van der Waals surface area contributed by atoms with Crippen molar-refractivity contribution in [2.45, 2.75) is 45.2 Å². The number of amides is 1. The highest BCUT2D eigenvalue weighted by atomic mass is 19.1. The molecule has 9 nitrogen and oxygen atoms in total. The summed E-state index contributed by atoms with van der Waals surface area (Å²) in [7, 11) is 0. The Morgan fingerprint density at radius 3 is 2.63 bits per heavy atom. The van der Waals surface area contributed by atoms with Gasteiger partial charge in [-0.1, -0.05) is 13.8 Å². The molecule has 0 bridgehead atoms. The zero-order valence-electron chi connectivity index (χ0n) is 14.9. The Bertz CT molecular complexity index is 1070. The van der Waals surface area contributed by atoms with Crippen molar-refractivity contribution in [2.75, 3.05) is 5.32 Å². The SMILES string of the molecule is CC(C)c1nn(CC(=O)Nc2ncc(F)cn2)c(=O)c2cn(C3CC3)nc12. The van der Waals surface area contributed by atoms with Crippen LogP contribution in [0.5, 0.6) is 0 Å². The lowest BCUT2D eigenvalue weighted by Gasteiger charge is -2.10. The number of carbonyl (C=O) groups excluding carboxylic acids is 1. The van der Waals surface area contributed by atoms with Crippen LogP contribution in [-0.2, 0) is 11.3 Å². The van der Waals surface area contributed by atoms with E-state index in [9.17, 15) is 14.0 Å². The van der Waals surface area contributed by atoms with Gasteiger partial charge in [-0.2, -0.15) is 10.2 Å². The fraction of sp³-hybridized carbons (Fsp3) is 0.412. The molecule has 1 saturated carbocycles. The first kappa shape index (κ1) is 17.3. The molecule has 27 heavy (non-hydrogen) atoms. The molecule has 1 aliphatic rings. The number of aromatic nitrogens is 6. The number of nitrogens with zero attached hydrogens (tertiary/aromatic N) is 6. The van der Waals surface area contributed by atoms with Crippen molar-refractivity contribution in [3.05, 3.63) is 40.5 Å². The van der Waals surface area contributed by atoms with Crippen LogP contribution in [0.15, 0.2) is 23.4 Å². The number of anilines is 1. The average molecular weight is 371 g/mol. The van der Waals surface area contributed by atoms with Crippen LogP contribution in [0.2, 0.25) is 0 Å². The lowest BCUT2D eigenvalue weighted by molar-refractivity contribution is -0.117. The predicted molar refractivity (Wildman–Crippen MR) is 94.8 cm³/mol. The summed E-state index contributed by atoms with van der Waals surface area (Å²) in [6.45, 7) is 3.61. The fourth-order valence-corrected chi connectivity index (χ4v) is 2.80. The highest BCUT2D eigenvalue weighted by molar-refractivity contribution is 5.89. The molecule has 0 aliphatic heterocycles. The summed E-state index contributed by atoms with van der Waals surface area (Å²) >= 11 is 0. The van der Waals surface area contributed by atoms with E-state index in [1.54, 1.807) is 6.20 Å². The van der Waals surface area contributed by atoms with Crippen molar-refractivity contribution >= 4 is 22.8 Å². The highest BCUT2D eigenvalue weighted by Gasteiger charge is 2.27. The third kappa shape index (κ3) is 3.42. The molecule has 10 heteroatoms. The largest absolute Gasteiger partial charge is 0.293 e. The Morgan fingerprint density at radius 1 is 1.30 bits per heavy atom. The van der Waals surface area contributed by atoms with E-state index in [2.05, 4.69) is 25.5 Å². The zero-order chi connectivity index (χ0) is 19.1. The summed E-state index contributed by atoms with van der Waals surface area (Å²) in [5, 5.41) is 11.8. The lowest BCUT2D eigenvalue weighted by atomic mass is 10.1. The summed E-state index contributed by atoms with van der Waals surface area (Å²) in [5.74, 6) is -1.14. The Kier molecular flexibility index (Phi) is 4.17. The molecule has 1 fully saturated rings. The van der Waals surface area contributed by atoms with Crippen LogP contribution in [0, 0.1) is 5.82 Å². The summed E-state index contributed by atoms with van der Waals surface area (Å²) in [5.41, 5.74) is 0.867. The molecule has 3 aromatic rings. The summed E-state index contributed by atoms with van der Waals surface area (Å²) in [6, 6.07) is 0.337. The van der Waals surface area contributed by atoms with Gasteiger partial charge in [0.05, 0.1) is 29.5 Å². The van der Waals surface area contributed by atoms with Gasteiger partial charge in [-0.05, 0) is 18.8 Å². The van der Waals surface area contributed by atoms with Crippen LogP contribution in [0.1, 0.15) is 44.3 Å². The van der Waals surface area contributed by atoms with Gasteiger partial charge in [-0.3, -0.25) is 19.6 Å². The Balaban J connectivity index is 1.66. The average Bonchev–Trinajstić information content (AvgIpc) is 3.38. The van der Waals surface area contributed by atoms with Gasteiger partial charge in [0.15, 0.2) is 5.82 Å². The van der Waals surface area contributed by atoms with Gasteiger partial charge in [-0.15, -0.1) is 0 Å². The maximum atomic E-state index is 12.9. The summed E-state index contributed by atoms with van der Waals surface area (Å²) in [6.07, 6.45) is 5.73. The van der Waals surface area contributed by atoms with Crippen LogP contribution in [0.25, 0.3) is 10.9 Å². The van der Waals surface area contributed by atoms with Crippen LogP contribution in [-0.4, -0.2) is 35.4 Å². The maximum Gasteiger partial charge on any atom is 0.278 e. The van der Waals surface area contributed by atoms with E-state index < -0.39 is 11.7 Å². The number of hydrogen-bond donors (Lipinski definition) is 1. The van der Waals surface area contributed by atoms with Gasteiger partial charge >= 0.3 is 0 Å². The zero-order valence-corrected chi connectivity index (χ0v) is 14.9. The molecule has 140 valence electrons. The molecular formula is C17H18FN7O2. The molecule has 1 amide bonds. The van der Waals surface area contributed by atoms with Gasteiger partial charge in [0.2, 0.25) is 11.9 Å². The molecule has 3 heterocycles. The molecule has 0 aromatic carbocycles. The molecule has 1 N–H and O–H groups in total.